The molecular formula is C13H19FN2. The van der Waals surface area contributed by atoms with Gasteiger partial charge in [-0.25, -0.2) is 0 Å². The van der Waals surface area contributed by atoms with E-state index in [-0.39, 0.29) is 12.7 Å². The van der Waals surface area contributed by atoms with E-state index >= 15 is 0 Å². The Balaban J connectivity index is 2.03. The Morgan fingerprint density at radius 2 is 1.81 bits per heavy atom. The van der Waals surface area contributed by atoms with Crippen molar-refractivity contribution in [3.05, 3.63) is 29.8 Å². The van der Waals surface area contributed by atoms with Crippen molar-refractivity contribution in [2.75, 3.05) is 24.7 Å². The van der Waals surface area contributed by atoms with Crippen LogP contribution in [0.1, 0.15) is 30.9 Å². The van der Waals surface area contributed by atoms with E-state index in [9.17, 15) is 4.39 Å². The molecule has 0 aromatic heterocycles. The maximum atomic E-state index is 12.2. The van der Waals surface area contributed by atoms with Crippen LogP contribution in [0.2, 0.25) is 0 Å². The highest BCUT2D eigenvalue weighted by molar-refractivity contribution is 5.48. The molecule has 0 bridgehead atoms. The van der Waals surface area contributed by atoms with Crippen LogP contribution in [-0.2, 0) is 0 Å². The molecule has 0 radical (unpaired) electrons. The fraction of sp³-hybridized carbons (Fsp3) is 0.538. The molecule has 1 saturated heterocycles. The largest absolute Gasteiger partial charge is 0.372 e. The third kappa shape index (κ3) is 2.53. The first kappa shape index (κ1) is 11.4. The number of alkyl halides is 1. The predicted octanol–water partition coefficient (Wildman–Crippen LogP) is 2.65. The molecule has 0 aliphatic carbocycles. The summed E-state index contributed by atoms with van der Waals surface area (Å²) in [5.74, 6) is 0. The van der Waals surface area contributed by atoms with E-state index in [0.717, 1.165) is 18.7 Å². The lowest BCUT2D eigenvalue weighted by Gasteiger charge is -2.18. The average molecular weight is 222 g/mol. The highest BCUT2D eigenvalue weighted by Crippen LogP contribution is 2.22. The number of anilines is 1. The lowest BCUT2D eigenvalue weighted by Crippen LogP contribution is -2.17. The Morgan fingerprint density at radius 1 is 1.19 bits per heavy atom. The van der Waals surface area contributed by atoms with Crippen molar-refractivity contribution in [2.24, 2.45) is 5.73 Å². The van der Waals surface area contributed by atoms with Crippen LogP contribution in [0.4, 0.5) is 10.1 Å². The maximum absolute atomic E-state index is 12.2. The van der Waals surface area contributed by atoms with Crippen LogP contribution in [0.15, 0.2) is 24.3 Å². The van der Waals surface area contributed by atoms with Gasteiger partial charge in [-0.05, 0) is 37.0 Å². The van der Waals surface area contributed by atoms with Crippen LogP contribution in [0, 0.1) is 0 Å². The van der Waals surface area contributed by atoms with Crippen molar-refractivity contribution in [3.8, 4) is 0 Å². The fourth-order valence-corrected chi connectivity index (χ4v) is 2.19. The molecule has 0 unspecified atom stereocenters. The van der Waals surface area contributed by atoms with Gasteiger partial charge in [-0.2, -0.15) is 0 Å². The van der Waals surface area contributed by atoms with Crippen LogP contribution < -0.4 is 10.6 Å². The van der Waals surface area contributed by atoms with E-state index < -0.39 is 0 Å². The van der Waals surface area contributed by atoms with E-state index in [1.807, 2.05) is 12.1 Å². The van der Waals surface area contributed by atoms with Crippen molar-refractivity contribution in [3.63, 3.8) is 0 Å². The highest BCUT2D eigenvalue weighted by Gasteiger charge is 2.12. The minimum atomic E-state index is -0.352. The molecule has 1 heterocycles. The molecule has 2 nitrogen and oxygen atoms in total. The van der Waals surface area contributed by atoms with Crippen molar-refractivity contribution >= 4 is 5.69 Å². The van der Waals surface area contributed by atoms with Crippen molar-refractivity contribution in [1.29, 1.82) is 0 Å². The first-order chi connectivity index (χ1) is 7.81. The maximum Gasteiger partial charge on any atom is 0.0912 e. The standard InChI is InChI=1S/C13H19FN2/c14-8-7-13(15)11-3-5-12(6-4-11)16-9-1-2-10-16/h3-6,13H,1-2,7-10,15H2/t13-/m0/s1. The summed E-state index contributed by atoms with van der Waals surface area (Å²) in [4.78, 5) is 2.38. The lowest BCUT2D eigenvalue weighted by molar-refractivity contribution is 0.442. The van der Waals surface area contributed by atoms with Gasteiger partial charge in [0.2, 0.25) is 0 Å². The highest BCUT2D eigenvalue weighted by atomic mass is 19.1. The number of hydrogen-bond donors (Lipinski definition) is 1. The number of halogens is 1. The van der Waals surface area contributed by atoms with E-state index in [0.29, 0.717) is 6.42 Å². The molecule has 1 aromatic carbocycles. The monoisotopic (exact) mass is 222 g/mol. The topological polar surface area (TPSA) is 29.3 Å². The fourth-order valence-electron chi connectivity index (χ4n) is 2.19. The third-order valence-electron chi connectivity index (χ3n) is 3.21. The number of nitrogens with two attached hydrogens (primary N) is 1. The summed E-state index contributed by atoms with van der Waals surface area (Å²) in [6, 6.07) is 8.07. The zero-order valence-electron chi connectivity index (χ0n) is 9.53. The first-order valence-electron chi connectivity index (χ1n) is 5.97. The Kier molecular flexibility index (Phi) is 3.78. The lowest BCUT2D eigenvalue weighted by atomic mass is 10.0. The summed E-state index contributed by atoms with van der Waals surface area (Å²) < 4.78 is 12.2. The molecular weight excluding hydrogens is 203 g/mol. The molecule has 3 heteroatoms. The molecule has 88 valence electrons. The quantitative estimate of drug-likeness (QED) is 0.848. The van der Waals surface area contributed by atoms with E-state index in [2.05, 4.69) is 17.0 Å². The summed E-state index contributed by atoms with van der Waals surface area (Å²) >= 11 is 0. The van der Waals surface area contributed by atoms with Gasteiger partial charge in [-0.3, -0.25) is 4.39 Å². The van der Waals surface area contributed by atoms with Crippen LogP contribution >= 0.6 is 0 Å². The van der Waals surface area contributed by atoms with Crippen molar-refractivity contribution in [2.45, 2.75) is 25.3 Å². The summed E-state index contributed by atoms with van der Waals surface area (Å²) in [6.07, 6.45) is 2.97. The Morgan fingerprint density at radius 3 is 2.38 bits per heavy atom. The molecule has 2 rings (SSSR count). The molecule has 16 heavy (non-hydrogen) atoms. The van der Waals surface area contributed by atoms with Gasteiger partial charge < -0.3 is 10.6 Å². The van der Waals surface area contributed by atoms with Crippen LogP contribution in [0.3, 0.4) is 0 Å². The summed E-state index contributed by atoms with van der Waals surface area (Å²) in [6.45, 7) is 1.95. The molecule has 1 atom stereocenters. The summed E-state index contributed by atoms with van der Waals surface area (Å²) in [7, 11) is 0. The third-order valence-corrected chi connectivity index (χ3v) is 3.21. The van der Waals surface area contributed by atoms with Crippen molar-refractivity contribution in [1.82, 2.24) is 0 Å². The minimum Gasteiger partial charge on any atom is -0.372 e. The zero-order valence-corrected chi connectivity index (χ0v) is 9.53. The number of hydrogen-bond acceptors (Lipinski definition) is 2. The first-order valence-corrected chi connectivity index (χ1v) is 5.97. The van der Waals surface area contributed by atoms with Gasteiger partial charge in [0.1, 0.15) is 0 Å². The van der Waals surface area contributed by atoms with Gasteiger partial charge in [-0.15, -0.1) is 0 Å². The molecule has 1 aliphatic heterocycles. The van der Waals surface area contributed by atoms with Crippen LogP contribution in [-0.4, -0.2) is 19.8 Å². The van der Waals surface area contributed by atoms with Gasteiger partial charge in [0.25, 0.3) is 0 Å². The molecule has 0 amide bonds. The predicted molar refractivity (Wildman–Crippen MR) is 65.4 cm³/mol. The van der Waals surface area contributed by atoms with Crippen LogP contribution in [0.5, 0.6) is 0 Å². The molecule has 1 aliphatic rings. The Hall–Kier alpha value is -1.09. The second-order valence-corrected chi connectivity index (χ2v) is 4.37. The van der Waals surface area contributed by atoms with E-state index in [1.165, 1.54) is 18.5 Å². The summed E-state index contributed by atoms with van der Waals surface area (Å²) in [5, 5.41) is 0. The second kappa shape index (κ2) is 5.30. The van der Waals surface area contributed by atoms with Crippen molar-refractivity contribution < 1.29 is 4.39 Å². The van der Waals surface area contributed by atoms with E-state index in [1.54, 1.807) is 0 Å². The Labute approximate surface area is 96.2 Å². The summed E-state index contributed by atoms with van der Waals surface area (Å²) in [5.41, 5.74) is 8.14. The van der Waals surface area contributed by atoms with Gasteiger partial charge in [0.05, 0.1) is 6.67 Å². The number of nitrogens with zero attached hydrogens (tertiary/aromatic N) is 1. The van der Waals surface area contributed by atoms with Gasteiger partial charge in [0, 0.05) is 24.8 Å². The second-order valence-electron chi connectivity index (χ2n) is 4.37. The number of rotatable bonds is 4. The minimum absolute atomic E-state index is 0.169. The number of benzene rings is 1. The van der Waals surface area contributed by atoms with Crippen LogP contribution in [0.25, 0.3) is 0 Å². The SMILES string of the molecule is N[C@@H](CCF)c1ccc(N2CCCC2)cc1. The van der Waals surface area contributed by atoms with Gasteiger partial charge >= 0.3 is 0 Å². The molecule has 1 fully saturated rings. The zero-order chi connectivity index (χ0) is 11.4. The molecule has 2 N–H and O–H groups in total. The smallest absolute Gasteiger partial charge is 0.0912 e. The van der Waals surface area contributed by atoms with Gasteiger partial charge in [0.15, 0.2) is 0 Å². The average Bonchev–Trinajstić information content (AvgIpc) is 2.83. The molecule has 1 aromatic rings. The molecule has 0 saturated carbocycles. The van der Waals surface area contributed by atoms with E-state index in [4.69, 9.17) is 5.73 Å². The Bertz CT molecular complexity index is 317. The normalized spacial score (nSPS) is 17.8. The van der Waals surface area contributed by atoms with Gasteiger partial charge in [-0.1, -0.05) is 12.1 Å². The molecule has 0 spiro atoms.